The van der Waals surface area contributed by atoms with Crippen molar-refractivity contribution in [3.8, 4) is 0 Å². The molecule has 0 radical (unpaired) electrons. The number of ketones is 1. The number of hydrogen-bond donors (Lipinski definition) is 3. The molecule has 182 valence electrons. The molecule has 0 bridgehead atoms. The zero-order valence-electron chi connectivity index (χ0n) is 18.6. The Labute approximate surface area is 199 Å². The van der Waals surface area contributed by atoms with E-state index in [1.807, 2.05) is 0 Å². The number of halogens is 2. The molecule has 1 aliphatic carbocycles. The van der Waals surface area contributed by atoms with Crippen LogP contribution in [-0.4, -0.2) is 46.5 Å². The molecule has 1 heterocycles. The highest BCUT2D eigenvalue weighted by molar-refractivity contribution is 7.09. The van der Waals surface area contributed by atoms with Gasteiger partial charge in [-0.1, -0.05) is 30.3 Å². The van der Waals surface area contributed by atoms with E-state index in [4.69, 9.17) is 0 Å². The molecule has 11 heteroatoms. The minimum absolute atomic E-state index is 0.0773. The van der Waals surface area contributed by atoms with Gasteiger partial charge < -0.3 is 16.0 Å². The van der Waals surface area contributed by atoms with Gasteiger partial charge in [-0.15, -0.1) is 11.3 Å². The number of nitrogens with one attached hydrogen (secondary N) is 3. The molecule has 1 saturated carbocycles. The molecule has 2 aromatic rings. The van der Waals surface area contributed by atoms with Crippen molar-refractivity contribution < 1.29 is 28.0 Å². The zero-order valence-corrected chi connectivity index (χ0v) is 19.4. The second-order valence-electron chi connectivity index (χ2n) is 8.35. The fourth-order valence-corrected chi connectivity index (χ4v) is 4.21. The lowest BCUT2D eigenvalue weighted by atomic mass is 9.79. The molecule has 1 aromatic heterocycles. The van der Waals surface area contributed by atoms with Crippen LogP contribution in [0.25, 0.3) is 0 Å². The molecular formula is C23H26F2N4O4S. The minimum Gasteiger partial charge on any atom is -0.345 e. The Morgan fingerprint density at radius 1 is 1.15 bits per heavy atom. The summed E-state index contributed by atoms with van der Waals surface area (Å²) in [7, 11) is 0. The van der Waals surface area contributed by atoms with Crippen molar-refractivity contribution in [2.75, 3.05) is 0 Å². The number of aromatic nitrogens is 1. The standard InChI is InChI=1S/C23H26F2N4O4S/c1-14(28-18(30)10-16-11-23(24,25)12-16)21(32)29-17(9-15-5-3-2-4-6-15)20(31)22(33)27-13-19-26-7-8-34-19/h2-8,14,16-17H,9-13H2,1H3,(H,27,33)(H,28,30)(H,29,32)/t14-,17-/m1/s1. The van der Waals surface area contributed by atoms with E-state index >= 15 is 0 Å². The van der Waals surface area contributed by atoms with Crippen molar-refractivity contribution in [3.63, 3.8) is 0 Å². The fraction of sp³-hybridized carbons (Fsp3) is 0.435. The van der Waals surface area contributed by atoms with E-state index in [-0.39, 0.29) is 32.2 Å². The third-order valence-electron chi connectivity index (χ3n) is 5.44. The number of rotatable bonds is 11. The average molecular weight is 493 g/mol. The molecule has 2 atom stereocenters. The smallest absolute Gasteiger partial charge is 0.289 e. The van der Waals surface area contributed by atoms with Gasteiger partial charge in [-0.25, -0.2) is 13.8 Å². The molecule has 1 aromatic carbocycles. The van der Waals surface area contributed by atoms with E-state index < -0.39 is 47.4 Å². The highest BCUT2D eigenvalue weighted by Crippen LogP contribution is 2.43. The molecule has 0 aliphatic heterocycles. The lowest BCUT2D eigenvalue weighted by molar-refractivity contribution is -0.141. The van der Waals surface area contributed by atoms with E-state index in [0.717, 1.165) is 5.56 Å². The summed E-state index contributed by atoms with van der Waals surface area (Å²) >= 11 is 1.33. The van der Waals surface area contributed by atoms with Crippen LogP contribution in [0, 0.1) is 5.92 Å². The first kappa shape index (κ1) is 25.4. The Balaban J connectivity index is 1.58. The predicted octanol–water partition coefficient (Wildman–Crippen LogP) is 2.00. The molecule has 34 heavy (non-hydrogen) atoms. The van der Waals surface area contributed by atoms with Crippen molar-refractivity contribution in [2.24, 2.45) is 5.92 Å². The normalized spacial score (nSPS) is 16.6. The maximum absolute atomic E-state index is 13.0. The Morgan fingerprint density at radius 2 is 1.85 bits per heavy atom. The molecule has 1 fully saturated rings. The molecule has 3 amide bonds. The monoisotopic (exact) mass is 492 g/mol. The Hall–Kier alpha value is -3.21. The topological polar surface area (TPSA) is 117 Å². The molecule has 3 rings (SSSR count). The Morgan fingerprint density at radius 3 is 2.47 bits per heavy atom. The molecule has 1 aliphatic rings. The summed E-state index contributed by atoms with van der Waals surface area (Å²) in [5.41, 5.74) is 0.733. The number of amides is 3. The third-order valence-corrected chi connectivity index (χ3v) is 6.22. The van der Waals surface area contributed by atoms with Gasteiger partial charge in [0.25, 0.3) is 5.91 Å². The molecule has 8 nitrogen and oxygen atoms in total. The lowest BCUT2D eigenvalue weighted by Crippen LogP contribution is -2.54. The summed E-state index contributed by atoms with van der Waals surface area (Å²) in [6, 6.07) is 6.70. The van der Waals surface area contributed by atoms with E-state index in [0.29, 0.717) is 5.01 Å². The number of carbonyl (C=O) groups excluding carboxylic acids is 4. The number of thiazole rings is 1. The number of alkyl halides is 2. The highest BCUT2D eigenvalue weighted by atomic mass is 32.1. The van der Waals surface area contributed by atoms with Crippen LogP contribution in [0.5, 0.6) is 0 Å². The van der Waals surface area contributed by atoms with Crippen LogP contribution < -0.4 is 16.0 Å². The SMILES string of the molecule is C[C@@H](NC(=O)CC1CC(F)(F)C1)C(=O)N[C@H](Cc1ccccc1)C(=O)C(=O)NCc1nccs1. The van der Waals surface area contributed by atoms with E-state index in [2.05, 4.69) is 20.9 Å². The van der Waals surface area contributed by atoms with Gasteiger partial charge in [-0.05, 0) is 18.4 Å². The van der Waals surface area contributed by atoms with Crippen LogP contribution in [-0.2, 0) is 32.1 Å². The van der Waals surface area contributed by atoms with Gasteiger partial charge in [0.1, 0.15) is 17.1 Å². The van der Waals surface area contributed by atoms with Gasteiger partial charge in [-0.2, -0.15) is 0 Å². The van der Waals surface area contributed by atoms with Crippen LogP contribution in [0.15, 0.2) is 41.9 Å². The first-order chi connectivity index (χ1) is 16.1. The molecule has 3 N–H and O–H groups in total. The number of Topliss-reactive ketones (excluding diaryl/α,β-unsaturated/α-hetero) is 1. The second kappa shape index (κ2) is 11.3. The van der Waals surface area contributed by atoms with Crippen molar-refractivity contribution in [1.82, 2.24) is 20.9 Å². The van der Waals surface area contributed by atoms with Gasteiger partial charge in [-0.3, -0.25) is 19.2 Å². The van der Waals surface area contributed by atoms with Gasteiger partial charge in [0.05, 0.1) is 6.54 Å². The average Bonchev–Trinajstić information content (AvgIpc) is 3.29. The van der Waals surface area contributed by atoms with Crippen molar-refractivity contribution in [1.29, 1.82) is 0 Å². The van der Waals surface area contributed by atoms with Crippen molar-refractivity contribution in [2.45, 2.75) is 57.2 Å². The molecule has 0 saturated heterocycles. The van der Waals surface area contributed by atoms with E-state index in [1.54, 1.807) is 41.9 Å². The lowest BCUT2D eigenvalue weighted by Gasteiger charge is -2.34. The summed E-state index contributed by atoms with van der Waals surface area (Å²) in [4.78, 5) is 54.1. The number of hydrogen-bond acceptors (Lipinski definition) is 6. The summed E-state index contributed by atoms with van der Waals surface area (Å²) in [5.74, 6) is -6.01. The van der Waals surface area contributed by atoms with E-state index in [9.17, 15) is 28.0 Å². The number of benzene rings is 1. The van der Waals surface area contributed by atoms with Gasteiger partial charge >= 0.3 is 0 Å². The van der Waals surface area contributed by atoms with Crippen molar-refractivity contribution in [3.05, 3.63) is 52.5 Å². The van der Waals surface area contributed by atoms with Crippen LogP contribution in [0.3, 0.4) is 0 Å². The Kier molecular flexibility index (Phi) is 8.43. The second-order valence-corrected chi connectivity index (χ2v) is 9.33. The third kappa shape index (κ3) is 7.41. The molecule has 0 spiro atoms. The first-order valence-corrected chi connectivity index (χ1v) is 11.7. The van der Waals surface area contributed by atoms with Crippen LogP contribution >= 0.6 is 11.3 Å². The van der Waals surface area contributed by atoms with Gasteiger partial charge in [0, 0.05) is 37.3 Å². The maximum Gasteiger partial charge on any atom is 0.289 e. The largest absolute Gasteiger partial charge is 0.345 e. The predicted molar refractivity (Wildman–Crippen MR) is 121 cm³/mol. The van der Waals surface area contributed by atoms with Crippen LogP contribution in [0.1, 0.15) is 36.8 Å². The van der Waals surface area contributed by atoms with E-state index in [1.165, 1.54) is 18.3 Å². The fourth-order valence-electron chi connectivity index (χ4n) is 3.65. The maximum atomic E-state index is 13.0. The Bertz CT molecular complexity index is 1010. The van der Waals surface area contributed by atoms with Crippen molar-refractivity contribution >= 4 is 34.8 Å². The summed E-state index contributed by atoms with van der Waals surface area (Å²) < 4.78 is 25.9. The molecular weight excluding hydrogens is 466 g/mol. The zero-order chi connectivity index (χ0) is 24.7. The number of carbonyl (C=O) groups is 4. The minimum atomic E-state index is -2.72. The van der Waals surface area contributed by atoms with Gasteiger partial charge in [0.2, 0.25) is 23.5 Å². The first-order valence-electron chi connectivity index (χ1n) is 10.8. The highest BCUT2D eigenvalue weighted by Gasteiger charge is 2.45. The van der Waals surface area contributed by atoms with Crippen LogP contribution in [0.2, 0.25) is 0 Å². The summed E-state index contributed by atoms with van der Waals surface area (Å²) in [5, 5.41) is 9.89. The van der Waals surface area contributed by atoms with Gasteiger partial charge in [0.15, 0.2) is 0 Å². The van der Waals surface area contributed by atoms with Crippen LogP contribution in [0.4, 0.5) is 8.78 Å². The number of nitrogens with zero attached hydrogens (tertiary/aromatic N) is 1. The molecule has 0 unspecified atom stereocenters. The summed E-state index contributed by atoms with van der Waals surface area (Å²) in [6.07, 6.45) is 0.876. The quantitative estimate of drug-likeness (QED) is 0.415. The summed E-state index contributed by atoms with van der Waals surface area (Å²) in [6.45, 7) is 1.51.